The number of aromatic nitrogens is 2. The molecule has 0 fully saturated rings. The van der Waals surface area contributed by atoms with Gasteiger partial charge in [0.2, 0.25) is 0 Å². The largest absolute Gasteiger partial charge is 0.394 e. The summed E-state index contributed by atoms with van der Waals surface area (Å²) in [4.78, 5) is 0. The molecule has 19 heavy (non-hydrogen) atoms. The first-order chi connectivity index (χ1) is 8.99. The van der Waals surface area contributed by atoms with E-state index in [0.717, 1.165) is 31.5 Å². The lowest BCUT2D eigenvalue weighted by atomic mass is 9.94. The van der Waals surface area contributed by atoms with Gasteiger partial charge in [0.25, 0.3) is 0 Å². The van der Waals surface area contributed by atoms with Crippen molar-refractivity contribution < 1.29 is 5.11 Å². The van der Waals surface area contributed by atoms with Gasteiger partial charge in [0.1, 0.15) is 0 Å². The summed E-state index contributed by atoms with van der Waals surface area (Å²) in [6.45, 7) is 11.6. The maximum absolute atomic E-state index is 9.60. The van der Waals surface area contributed by atoms with E-state index >= 15 is 0 Å². The standard InChI is InChI=1S/C15H29N3O/c1-6-13-9-14(7-2)18(17-13)12(4)10-15(5,11-19)16-8-3/h9,12,16,19H,6-8,10-11H2,1-5H3. The molecule has 0 aliphatic carbocycles. The smallest absolute Gasteiger partial charge is 0.0624 e. The van der Waals surface area contributed by atoms with Crippen LogP contribution in [0.4, 0.5) is 0 Å². The molecule has 4 heteroatoms. The molecule has 0 radical (unpaired) electrons. The van der Waals surface area contributed by atoms with Crippen molar-refractivity contribution in [2.45, 2.75) is 65.5 Å². The third kappa shape index (κ3) is 4.05. The van der Waals surface area contributed by atoms with Gasteiger partial charge in [-0.05, 0) is 45.7 Å². The first-order valence-electron chi connectivity index (χ1n) is 7.42. The Morgan fingerprint density at radius 1 is 1.37 bits per heavy atom. The summed E-state index contributed by atoms with van der Waals surface area (Å²) in [5.74, 6) is 0. The first-order valence-corrected chi connectivity index (χ1v) is 7.42. The van der Waals surface area contributed by atoms with Gasteiger partial charge < -0.3 is 10.4 Å². The van der Waals surface area contributed by atoms with Crippen LogP contribution in [-0.2, 0) is 12.8 Å². The van der Waals surface area contributed by atoms with Gasteiger partial charge in [0.05, 0.1) is 18.3 Å². The topological polar surface area (TPSA) is 50.1 Å². The molecule has 110 valence electrons. The SMILES string of the molecule is CCNC(C)(CO)CC(C)n1nc(CC)cc1CC. The van der Waals surface area contributed by atoms with Crippen LogP contribution in [-0.4, -0.2) is 33.6 Å². The first kappa shape index (κ1) is 16.2. The van der Waals surface area contributed by atoms with E-state index in [1.165, 1.54) is 5.69 Å². The molecule has 2 unspecified atom stereocenters. The van der Waals surface area contributed by atoms with E-state index < -0.39 is 0 Å². The molecule has 0 aliphatic heterocycles. The van der Waals surface area contributed by atoms with Gasteiger partial charge in [-0.3, -0.25) is 4.68 Å². The van der Waals surface area contributed by atoms with E-state index in [2.05, 4.69) is 55.8 Å². The molecule has 1 rings (SSSR count). The Balaban J connectivity index is 2.87. The Labute approximate surface area is 117 Å². The molecule has 0 saturated heterocycles. The Kier molecular flexibility index (Phi) is 6.01. The Hall–Kier alpha value is -0.870. The van der Waals surface area contributed by atoms with Gasteiger partial charge in [-0.1, -0.05) is 20.8 Å². The van der Waals surface area contributed by atoms with E-state index in [4.69, 9.17) is 0 Å². The van der Waals surface area contributed by atoms with E-state index in [-0.39, 0.29) is 18.2 Å². The van der Waals surface area contributed by atoms with Crippen molar-refractivity contribution in [3.63, 3.8) is 0 Å². The highest BCUT2D eigenvalue weighted by Gasteiger charge is 2.26. The van der Waals surface area contributed by atoms with Crippen LogP contribution in [0.15, 0.2) is 6.07 Å². The second-order valence-electron chi connectivity index (χ2n) is 5.58. The molecule has 1 aromatic rings. The monoisotopic (exact) mass is 267 g/mol. The zero-order chi connectivity index (χ0) is 14.5. The quantitative estimate of drug-likeness (QED) is 0.760. The van der Waals surface area contributed by atoms with Crippen molar-refractivity contribution >= 4 is 0 Å². The van der Waals surface area contributed by atoms with Crippen molar-refractivity contribution in [2.75, 3.05) is 13.2 Å². The number of aryl methyl sites for hydroxylation is 2. The Morgan fingerprint density at radius 2 is 2.05 bits per heavy atom. The average molecular weight is 267 g/mol. The molecule has 0 aromatic carbocycles. The number of hydrogen-bond acceptors (Lipinski definition) is 3. The highest BCUT2D eigenvalue weighted by molar-refractivity contribution is 5.11. The molecule has 4 nitrogen and oxygen atoms in total. The van der Waals surface area contributed by atoms with Crippen LogP contribution in [0.2, 0.25) is 0 Å². The van der Waals surface area contributed by atoms with Gasteiger partial charge in [-0.25, -0.2) is 0 Å². The second kappa shape index (κ2) is 7.06. The van der Waals surface area contributed by atoms with Crippen LogP contribution in [0.3, 0.4) is 0 Å². The van der Waals surface area contributed by atoms with Crippen LogP contribution in [0.5, 0.6) is 0 Å². The predicted octanol–water partition coefficient (Wildman–Crippen LogP) is 2.32. The fraction of sp³-hybridized carbons (Fsp3) is 0.800. The van der Waals surface area contributed by atoms with Crippen LogP contribution < -0.4 is 5.32 Å². The molecule has 1 heterocycles. The molecule has 0 spiro atoms. The van der Waals surface area contributed by atoms with Crippen LogP contribution in [0, 0.1) is 0 Å². The van der Waals surface area contributed by atoms with Crippen LogP contribution in [0.25, 0.3) is 0 Å². The number of hydrogen-bond donors (Lipinski definition) is 2. The summed E-state index contributed by atoms with van der Waals surface area (Å²) in [6, 6.07) is 2.48. The summed E-state index contributed by atoms with van der Waals surface area (Å²) < 4.78 is 2.13. The van der Waals surface area contributed by atoms with E-state index in [1.807, 2.05) is 0 Å². The highest BCUT2D eigenvalue weighted by Crippen LogP contribution is 2.22. The highest BCUT2D eigenvalue weighted by atomic mass is 16.3. The summed E-state index contributed by atoms with van der Waals surface area (Å²) >= 11 is 0. The number of aliphatic hydroxyl groups excluding tert-OH is 1. The lowest BCUT2D eigenvalue weighted by Crippen LogP contribution is -2.47. The Morgan fingerprint density at radius 3 is 2.53 bits per heavy atom. The molecule has 2 N–H and O–H groups in total. The van der Waals surface area contributed by atoms with E-state index in [1.54, 1.807) is 0 Å². The van der Waals surface area contributed by atoms with Crippen molar-refractivity contribution in [2.24, 2.45) is 0 Å². The number of aliphatic hydroxyl groups is 1. The molecule has 1 aromatic heterocycles. The predicted molar refractivity (Wildman–Crippen MR) is 79.5 cm³/mol. The Bertz CT molecular complexity index is 389. The maximum Gasteiger partial charge on any atom is 0.0624 e. The van der Waals surface area contributed by atoms with Crippen LogP contribution >= 0.6 is 0 Å². The third-order valence-electron chi connectivity index (χ3n) is 3.70. The average Bonchev–Trinajstić information content (AvgIpc) is 2.82. The second-order valence-corrected chi connectivity index (χ2v) is 5.58. The van der Waals surface area contributed by atoms with Crippen molar-refractivity contribution in [3.8, 4) is 0 Å². The third-order valence-corrected chi connectivity index (χ3v) is 3.70. The van der Waals surface area contributed by atoms with Crippen LogP contribution in [0.1, 0.15) is 58.5 Å². The minimum Gasteiger partial charge on any atom is -0.394 e. The number of rotatable bonds is 8. The van der Waals surface area contributed by atoms with Gasteiger partial charge >= 0.3 is 0 Å². The van der Waals surface area contributed by atoms with Crippen molar-refractivity contribution in [3.05, 3.63) is 17.5 Å². The molecular weight excluding hydrogens is 238 g/mol. The molecular formula is C15H29N3O. The maximum atomic E-state index is 9.60. The minimum atomic E-state index is -0.239. The fourth-order valence-corrected chi connectivity index (χ4v) is 2.67. The number of nitrogens with one attached hydrogen (secondary N) is 1. The number of likely N-dealkylation sites (N-methyl/N-ethyl adjacent to an activating group) is 1. The van der Waals surface area contributed by atoms with Crippen molar-refractivity contribution in [1.82, 2.24) is 15.1 Å². The molecule has 0 aliphatic rings. The van der Waals surface area contributed by atoms with Gasteiger partial charge in [0.15, 0.2) is 0 Å². The van der Waals surface area contributed by atoms with Gasteiger partial charge in [-0.15, -0.1) is 0 Å². The summed E-state index contributed by atoms with van der Waals surface area (Å²) in [5.41, 5.74) is 2.19. The van der Waals surface area contributed by atoms with Gasteiger partial charge in [-0.2, -0.15) is 5.10 Å². The van der Waals surface area contributed by atoms with E-state index in [0.29, 0.717) is 0 Å². The normalized spacial score (nSPS) is 16.3. The summed E-state index contributed by atoms with van der Waals surface area (Å²) in [5, 5.41) is 17.7. The van der Waals surface area contributed by atoms with Gasteiger partial charge in [0, 0.05) is 11.2 Å². The zero-order valence-corrected chi connectivity index (χ0v) is 13.0. The molecule has 2 atom stereocenters. The van der Waals surface area contributed by atoms with Crippen molar-refractivity contribution in [1.29, 1.82) is 0 Å². The fourth-order valence-electron chi connectivity index (χ4n) is 2.67. The number of nitrogens with zero attached hydrogens (tertiary/aromatic N) is 2. The molecule has 0 saturated carbocycles. The minimum absolute atomic E-state index is 0.147. The zero-order valence-electron chi connectivity index (χ0n) is 13.0. The lowest BCUT2D eigenvalue weighted by molar-refractivity contribution is 0.150. The molecule has 0 bridgehead atoms. The summed E-state index contributed by atoms with van der Waals surface area (Å²) in [6.07, 6.45) is 2.83. The molecule has 0 amide bonds. The summed E-state index contributed by atoms with van der Waals surface area (Å²) in [7, 11) is 0. The lowest BCUT2D eigenvalue weighted by Gasteiger charge is -2.31. The van der Waals surface area contributed by atoms with E-state index in [9.17, 15) is 5.11 Å².